The highest BCUT2D eigenvalue weighted by atomic mass is 32.2. The second-order valence-electron chi connectivity index (χ2n) is 11.8. The highest BCUT2D eigenvalue weighted by molar-refractivity contribution is 7.91. The number of nitrogens with one attached hydrogen (secondary N) is 3. The van der Waals surface area contributed by atoms with Gasteiger partial charge in [0, 0.05) is 29.8 Å². The predicted molar refractivity (Wildman–Crippen MR) is 160 cm³/mol. The highest BCUT2D eigenvalue weighted by Gasteiger charge is 2.61. The van der Waals surface area contributed by atoms with Crippen LogP contribution in [0.5, 0.6) is 5.88 Å². The van der Waals surface area contributed by atoms with Crippen molar-refractivity contribution >= 4 is 43.9 Å². The van der Waals surface area contributed by atoms with E-state index in [0.717, 1.165) is 12.1 Å². The molecule has 3 N–H and O–H groups in total. The van der Waals surface area contributed by atoms with Gasteiger partial charge in [-0.1, -0.05) is 30.3 Å². The molecule has 2 aliphatic carbocycles. The summed E-state index contributed by atoms with van der Waals surface area (Å²) >= 11 is 0. The molecule has 2 amide bonds. The maximum Gasteiger partial charge on any atom is 0.416 e. The Morgan fingerprint density at radius 2 is 1.85 bits per heavy atom. The first-order valence-corrected chi connectivity index (χ1v) is 16.2. The second kappa shape index (κ2) is 10.8. The van der Waals surface area contributed by atoms with Gasteiger partial charge in [0.25, 0.3) is 11.8 Å². The number of furan rings is 1. The Morgan fingerprint density at radius 1 is 1.11 bits per heavy atom. The number of hydrogen-bond acceptors (Lipinski definition) is 9. The number of aromatic nitrogens is 2. The smallest absolute Gasteiger partial charge is 0.416 e. The van der Waals surface area contributed by atoms with Crippen molar-refractivity contribution in [2.45, 2.75) is 54.8 Å². The first-order valence-electron chi connectivity index (χ1n) is 14.7. The van der Waals surface area contributed by atoms with Gasteiger partial charge in [0.15, 0.2) is 5.82 Å². The van der Waals surface area contributed by atoms with Crippen LogP contribution in [0.4, 0.5) is 13.2 Å². The molecule has 240 valence electrons. The van der Waals surface area contributed by atoms with Gasteiger partial charge in [0.1, 0.15) is 22.7 Å². The molecule has 4 aromatic rings. The number of alkyl halides is 3. The van der Waals surface area contributed by atoms with Crippen LogP contribution >= 0.6 is 0 Å². The number of benzene rings is 2. The van der Waals surface area contributed by atoms with Crippen molar-refractivity contribution in [3.8, 4) is 17.3 Å². The normalized spacial score (nSPS) is 24.5. The minimum atomic E-state index is -4.50. The lowest BCUT2D eigenvalue weighted by Gasteiger charge is -2.21. The van der Waals surface area contributed by atoms with Gasteiger partial charge < -0.3 is 19.8 Å². The van der Waals surface area contributed by atoms with E-state index >= 15 is 0 Å². The lowest BCUT2D eigenvalue weighted by Crippen LogP contribution is -2.55. The number of fused-ring (bicyclic) bond motifs is 3. The molecule has 4 atom stereocenters. The number of para-hydroxylation sites is 1. The Morgan fingerprint density at radius 3 is 2.52 bits per heavy atom. The van der Waals surface area contributed by atoms with E-state index in [1.165, 1.54) is 18.2 Å². The molecule has 0 bridgehead atoms. The lowest BCUT2D eigenvalue weighted by atomic mass is 10.1. The molecule has 1 unspecified atom stereocenters. The summed E-state index contributed by atoms with van der Waals surface area (Å²) in [4.78, 5) is 35.5. The summed E-state index contributed by atoms with van der Waals surface area (Å²) < 4.78 is 78.6. The number of hydrogen-bond donors (Lipinski definition) is 3. The third kappa shape index (κ3) is 5.47. The summed E-state index contributed by atoms with van der Waals surface area (Å²) in [6.45, 7) is 3.93. The number of sulfonamides is 1. The summed E-state index contributed by atoms with van der Waals surface area (Å²) in [6, 6.07) is 10.8. The fraction of sp³-hybridized carbons (Fsp3) is 0.355. The van der Waals surface area contributed by atoms with Gasteiger partial charge in [0.2, 0.25) is 21.5 Å². The first-order chi connectivity index (χ1) is 21.9. The molecule has 1 saturated heterocycles. The Hall–Kier alpha value is -4.50. The van der Waals surface area contributed by atoms with E-state index < -0.39 is 62.4 Å². The zero-order chi connectivity index (χ0) is 32.4. The van der Waals surface area contributed by atoms with Crippen LogP contribution < -0.4 is 20.1 Å². The quantitative estimate of drug-likeness (QED) is 0.229. The van der Waals surface area contributed by atoms with E-state index in [2.05, 4.69) is 31.9 Å². The molecule has 2 aromatic carbocycles. The molecular formula is C31H28F3N5O6S. The third-order valence-electron chi connectivity index (χ3n) is 8.59. The van der Waals surface area contributed by atoms with E-state index in [1.54, 1.807) is 24.3 Å². The van der Waals surface area contributed by atoms with Crippen LogP contribution in [0.2, 0.25) is 0 Å². The summed E-state index contributed by atoms with van der Waals surface area (Å²) in [5.41, 5.74) is -0.723. The number of halogens is 3. The Kier molecular flexibility index (Phi) is 7.08. The molecule has 1 aliphatic heterocycles. The molecule has 3 fully saturated rings. The zero-order valence-corrected chi connectivity index (χ0v) is 25.0. The summed E-state index contributed by atoms with van der Waals surface area (Å²) in [5.74, 6) is -1.53. The maximum atomic E-state index is 13.3. The third-order valence-corrected chi connectivity index (χ3v) is 10.4. The average molecular weight is 656 g/mol. The zero-order valence-electron chi connectivity index (χ0n) is 24.1. The van der Waals surface area contributed by atoms with Crippen LogP contribution in [0, 0.1) is 5.92 Å². The van der Waals surface area contributed by atoms with Gasteiger partial charge in [-0.05, 0) is 43.5 Å². The van der Waals surface area contributed by atoms with Gasteiger partial charge in [-0.3, -0.25) is 14.3 Å². The molecule has 0 radical (unpaired) electrons. The first kappa shape index (κ1) is 30.2. The standard InChI is InChI=1S/C31H28F3N5O6S/c1-2-17-14-30(17,29(41)39-46(42,43)20-11-12-20)38-27(40)22-13-19(15-35-22)44-28-25-24(21-5-3-4-6-23(21)45-25)36-26(37-28)16-7-9-18(10-8-16)31(32,33)34/h2-10,17,19-20,22,35H,1,11-15H2,(H,38,40)(H,39,41)/t17-,19-,22+,30?/m1/s1. The van der Waals surface area contributed by atoms with E-state index in [-0.39, 0.29) is 36.7 Å². The second-order valence-corrected chi connectivity index (χ2v) is 13.8. The molecule has 0 spiro atoms. The fourth-order valence-corrected chi connectivity index (χ4v) is 7.12. The highest BCUT2D eigenvalue weighted by Crippen LogP contribution is 2.45. The molecule has 11 nitrogen and oxygen atoms in total. The average Bonchev–Trinajstić information content (AvgIpc) is 3.92. The molecular weight excluding hydrogens is 627 g/mol. The number of carbonyl (C=O) groups is 2. The van der Waals surface area contributed by atoms with Gasteiger partial charge in [0.05, 0.1) is 16.9 Å². The van der Waals surface area contributed by atoms with E-state index in [1.807, 2.05) is 0 Å². The van der Waals surface area contributed by atoms with Crippen molar-refractivity contribution in [3.63, 3.8) is 0 Å². The molecule has 2 saturated carbocycles. The number of ether oxygens (including phenoxy) is 1. The topological polar surface area (TPSA) is 153 Å². The summed E-state index contributed by atoms with van der Waals surface area (Å²) in [6.07, 6.45) is -2.21. The number of nitrogens with zero attached hydrogens (tertiary/aromatic N) is 2. The van der Waals surface area contributed by atoms with Crippen LogP contribution in [0.3, 0.4) is 0 Å². The molecule has 3 heterocycles. The maximum absolute atomic E-state index is 13.3. The van der Waals surface area contributed by atoms with Crippen LogP contribution in [-0.2, 0) is 25.8 Å². The molecule has 3 aliphatic rings. The fourth-order valence-electron chi connectivity index (χ4n) is 5.76. The molecule has 15 heteroatoms. The van der Waals surface area contributed by atoms with Crippen molar-refractivity contribution in [3.05, 3.63) is 66.7 Å². The van der Waals surface area contributed by atoms with E-state index in [9.17, 15) is 31.2 Å². The van der Waals surface area contributed by atoms with E-state index in [0.29, 0.717) is 34.9 Å². The Labute approximate surface area is 260 Å². The SMILES string of the molecule is C=C[C@@H]1CC1(NC(=O)[C@@H]1C[C@@H](Oc2nc(-c3ccc(C(F)(F)F)cc3)nc3c2oc2ccccc23)CN1)C(=O)NS(=O)(=O)C1CC1. The van der Waals surface area contributed by atoms with Crippen molar-refractivity contribution in [1.29, 1.82) is 0 Å². The Balaban J connectivity index is 1.11. The van der Waals surface area contributed by atoms with Gasteiger partial charge in [-0.2, -0.15) is 18.2 Å². The van der Waals surface area contributed by atoms with Crippen LogP contribution in [0.25, 0.3) is 33.5 Å². The van der Waals surface area contributed by atoms with Crippen LogP contribution in [0.1, 0.15) is 31.2 Å². The molecule has 7 rings (SSSR count). The lowest BCUT2D eigenvalue weighted by molar-refractivity contribution is -0.137. The summed E-state index contributed by atoms with van der Waals surface area (Å²) in [5, 5.41) is 5.88. The number of rotatable bonds is 9. The van der Waals surface area contributed by atoms with Crippen molar-refractivity contribution in [2.75, 3.05) is 6.54 Å². The summed E-state index contributed by atoms with van der Waals surface area (Å²) in [7, 11) is -3.81. The monoisotopic (exact) mass is 655 g/mol. The van der Waals surface area contributed by atoms with Crippen molar-refractivity contribution < 1.29 is 40.3 Å². The largest absolute Gasteiger partial charge is 0.470 e. The van der Waals surface area contributed by atoms with Gasteiger partial charge >= 0.3 is 6.18 Å². The molecule has 46 heavy (non-hydrogen) atoms. The Bertz CT molecular complexity index is 1990. The molecule has 2 aromatic heterocycles. The number of amides is 2. The van der Waals surface area contributed by atoms with Crippen molar-refractivity contribution in [2.24, 2.45) is 5.92 Å². The van der Waals surface area contributed by atoms with Crippen molar-refractivity contribution in [1.82, 2.24) is 25.3 Å². The van der Waals surface area contributed by atoms with Gasteiger partial charge in [-0.25, -0.2) is 13.4 Å². The van der Waals surface area contributed by atoms with Gasteiger partial charge in [-0.15, -0.1) is 6.58 Å². The van der Waals surface area contributed by atoms with Crippen LogP contribution in [-0.4, -0.2) is 59.7 Å². The minimum Gasteiger partial charge on any atom is -0.470 e. The predicted octanol–water partition coefficient (Wildman–Crippen LogP) is 3.84. The minimum absolute atomic E-state index is 0.0546. The van der Waals surface area contributed by atoms with Crippen LogP contribution in [0.15, 0.2) is 65.6 Å². The van der Waals surface area contributed by atoms with E-state index in [4.69, 9.17) is 9.15 Å². The number of carbonyl (C=O) groups excluding carboxylic acids is 2.